The minimum absolute atomic E-state index is 0.0120. The molecule has 22 heteroatoms. The van der Waals surface area contributed by atoms with Crippen LogP contribution in [-0.4, -0.2) is 121 Å². The zero-order valence-corrected chi connectivity index (χ0v) is 46.5. The highest BCUT2D eigenvalue weighted by Crippen LogP contribution is 2.38. The van der Waals surface area contributed by atoms with Crippen molar-refractivity contribution in [3.05, 3.63) is 144 Å². The van der Waals surface area contributed by atoms with Crippen LogP contribution in [-0.2, 0) is 24.4 Å². The summed E-state index contributed by atoms with van der Waals surface area (Å²) in [6, 6.07) is 38.7. The molecule has 1 atom stereocenters. The summed E-state index contributed by atoms with van der Waals surface area (Å²) in [5, 5.41) is 43.2. The lowest BCUT2D eigenvalue weighted by atomic mass is 10.1. The molecule has 4 aromatic carbocycles. The van der Waals surface area contributed by atoms with E-state index in [4.69, 9.17) is 34.8 Å². The Morgan fingerprint density at radius 3 is 1.39 bits per heavy atom. The van der Waals surface area contributed by atoms with Gasteiger partial charge in [-0.05, 0) is 77.5 Å². The van der Waals surface area contributed by atoms with Crippen molar-refractivity contribution in [1.82, 2.24) is 69.7 Å². The molecule has 2 saturated heterocycles. The van der Waals surface area contributed by atoms with Crippen molar-refractivity contribution in [3.63, 3.8) is 0 Å². The second-order valence-corrected chi connectivity index (χ2v) is 20.8. The largest absolute Gasteiger partial charge is 0.338 e. The average Bonchev–Trinajstić information content (AvgIpc) is 4.31. The second kappa shape index (κ2) is 24.0. The lowest BCUT2D eigenvalue weighted by molar-refractivity contribution is -0.131. The van der Waals surface area contributed by atoms with Crippen molar-refractivity contribution in [3.8, 4) is 45.0 Å². The Labute approximate surface area is 471 Å². The summed E-state index contributed by atoms with van der Waals surface area (Å²) in [5.41, 5.74) is 7.86. The van der Waals surface area contributed by atoms with Gasteiger partial charge in [0.25, 0.3) is 0 Å². The highest BCUT2D eigenvalue weighted by molar-refractivity contribution is 14.1. The molecule has 0 N–H and O–H groups in total. The van der Waals surface area contributed by atoms with Crippen LogP contribution in [0.3, 0.4) is 0 Å². The molecule has 0 unspecified atom stereocenters. The lowest BCUT2D eigenvalue weighted by Gasteiger charge is -2.15. The normalized spacial score (nSPS) is 14.6. The maximum Gasteiger partial charge on any atom is 0.244 e. The number of aryl methyl sites for hydroxylation is 1. The molecule has 15 nitrogen and oxygen atoms in total. The molecule has 75 heavy (non-hydrogen) atoms. The third kappa shape index (κ3) is 11.5. The van der Waals surface area contributed by atoms with Gasteiger partial charge in [-0.3, -0.25) is 4.79 Å². The molecule has 2 fully saturated rings. The molecule has 382 valence electrons. The van der Waals surface area contributed by atoms with Crippen LogP contribution in [0.2, 0.25) is 15.1 Å². The minimum Gasteiger partial charge on any atom is -0.338 e. The molecule has 6 aromatic heterocycles. The van der Waals surface area contributed by atoms with Crippen LogP contribution in [0.15, 0.2) is 121 Å². The van der Waals surface area contributed by atoms with Crippen molar-refractivity contribution < 1.29 is 13.6 Å². The number of carbonyl (C=O) groups excluding carboxylic acids is 1. The molecular weight excluding hydrogens is 1250 g/mol. The monoisotopic (exact) mass is 1290 g/mol. The van der Waals surface area contributed by atoms with Gasteiger partial charge >= 0.3 is 0 Å². The Kier molecular flexibility index (Phi) is 16.8. The number of likely N-dealkylation sites (tertiary alicyclic amines) is 2. The van der Waals surface area contributed by atoms with Crippen LogP contribution in [0.25, 0.3) is 78.1 Å². The third-order valence-corrected chi connectivity index (χ3v) is 15.4. The zero-order valence-electron chi connectivity index (χ0n) is 39.9. The highest BCUT2D eigenvalue weighted by atomic mass is 127. The van der Waals surface area contributed by atoms with E-state index in [9.17, 15) is 13.6 Å². The first-order chi connectivity index (χ1) is 36.6. The fraction of sp³-hybridized carbons (Fsp3) is 0.245. The fourth-order valence-corrected chi connectivity index (χ4v) is 11.8. The van der Waals surface area contributed by atoms with Crippen molar-refractivity contribution in [2.45, 2.75) is 45.1 Å². The molecule has 0 saturated carbocycles. The Hall–Kier alpha value is -5.85. The number of alkyl halides is 2. The van der Waals surface area contributed by atoms with Gasteiger partial charge in [0.2, 0.25) is 5.91 Å². The third-order valence-electron chi connectivity index (χ3n) is 12.8. The number of halogens is 7. The van der Waals surface area contributed by atoms with Crippen LogP contribution >= 0.6 is 80.0 Å². The summed E-state index contributed by atoms with van der Waals surface area (Å²) in [5.74, 6) is -0.184. The van der Waals surface area contributed by atoms with E-state index in [0.717, 1.165) is 50.1 Å². The minimum atomic E-state index is -0.948. The van der Waals surface area contributed by atoms with E-state index in [1.165, 1.54) is 40.2 Å². The molecule has 0 aliphatic carbocycles. The number of amides is 1. The number of carbonyl (C=O) groups is 1. The molecule has 2 aliphatic rings. The van der Waals surface area contributed by atoms with Crippen molar-refractivity contribution in [2.24, 2.45) is 0 Å². The first kappa shape index (κ1) is 52.6. The number of nitrogens with zero attached hydrogens (tertiary/aromatic N) is 14. The van der Waals surface area contributed by atoms with Gasteiger partial charge < -0.3 is 9.80 Å². The van der Waals surface area contributed by atoms with Gasteiger partial charge in [0.15, 0.2) is 16.9 Å². The highest BCUT2D eigenvalue weighted by Gasteiger charge is 2.28. The Morgan fingerprint density at radius 2 is 0.933 bits per heavy atom. The van der Waals surface area contributed by atoms with Crippen LogP contribution in [0, 0.1) is 7.40 Å². The van der Waals surface area contributed by atoms with E-state index in [2.05, 4.69) is 96.0 Å². The van der Waals surface area contributed by atoms with E-state index in [1.54, 1.807) is 0 Å². The summed E-state index contributed by atoms with van der Waals surface area (Å²) in [6.45, 7) is 4.30. The molecule has 1 amide bonds. The molecular formula is C53H45Cl3F2I2N14O. The van der Waals surface area contributed by atoms with Crippen LogP contribution in [0.5, 0.6) is 0 Å². The van der Waals surface area contributed by atoms with Crippen LogP contribution < -0.4 is 0 Å². The molecule has 10 aromatic rings. The molecule has 0 spiro atoms. The molecule has 2 aliphatic heterocycles. The standard InChI is InChI=1S/C19H14ClFN4.C17H14ClFIN5O.C17H17ClIN5/c20-16-15-17(13-7-3-1-4-8-13)24-25(12-11-21)19(15)23-22-18(16)14-9-5-2-6-10-14;18-14-13-16(20)23-25(9-12(26)24-7-6-11(19)8-24)17(13)22-21-15(14)10-4-2-1-3-5-10;18-14-13-16(19)22-24(11-10-23-8-4-5-9-23)17(13)21-20-15(14)12-6-2-1-3-7-12/h1-10H,11-12H2;1-5,11H,6-9H2;1-3,6-7H,4-5,8-11H2/t;11-;/m.1./s1. The zero-order chi connectivity index (χ0) is 52.0. The van der Waals surface area contributed by atoms with Gasteiger partial charge in [-0.15, -0.1) is 30.6 Å². The summed E-state index contributed by atoms with van der Waals surface area (Å²) in [6.07, 6.45) is 2.03. The van der Waals surface area contributed by atoms with Gasteiger partial charge in [-0.2, -0.15) is 15.3 Å². The van der Waals surface area contributed by atoms with Crippen molar-refractivity contribution >= 4 is 119 Å². The van der Waals surface area contributed by atoms with E-state index < -0.39 is 12.8 Å². The van der Waals surface area contributed by atoms with Gasteiger partial charge in [0.05, 0.1) is 50.9 Å². The number of hydrogen-bond acceptors (Lipinski definition) is 11. The molecule has 0 radical (unpaired) electrons. The second-order valence-electron chi connectivity index (χ2n) is 17.6. The Balaban J connectivity index is 0.000000128. The number of fused-ring (bicyclic) bond motifs is 3. The smallest absolute Gasteiger partial charge is 0.244 e. The van der Waals surface area contributed by atoms with E-state index >= 15 is 0 Å². The van der Waals surface area contributed by atoms with E-state index in [-0.39, 0.29) is 25.5 Å². The first-order valence-electron chi connectivity index (χ1n) is 24.1. The summed E-state index contributed by atoms with van der Waals surface area (Å²) < 4.78 is 32.7. The quantitative estimate of drug-likeness (QED) is 0.114. The summed E-state index contributed by atoms with van der Waals surface area (Å²) >= 11 is 24.2. The fourth-order valence-electron chi connectivity index (χ4n) is 9.02. The van der Waals surface area contributed by atoms with Gasteiger partial charge in [-0.25, -0.2) is 22.8 Å². The number of benzene rings is 4. The Morgan fingerprint density at radius 1 is 0.520 bits per heavy atom. The van der Waals surface area contributed by atoms with Gasteiger partial charge in [0.1, 0.15) is 49.6 Å². The van der Waals surface area contributed by atoms with Crippen molar-refractivity contribution in [1.29, 1.82) is 0 Å². The topological polar surface area (TPSA) is 154 Å². The lowest BCUT2D eigenvalue weighted by Crippen LogP contribution is -2.32. The SMILES string of the molecule is Clc1c(-c2ccccc2)nnc2c1c(I)nn2CCN1CCCC1.FCCn1nc(-c2ccccc2)c2c(Cl)c(-c3ccccc3)nnc21.O=C(Cn1nc(I)c2c(Cl)c(-c3ccccc3)nnc21)N1CC[C@@H](F)C1. The predicted octanol–water partition coefficient (Wildman–Crippen LogP) is 12.0. The number of aromatic nitrogens is 12. The number of rotatable bonds is 11. The molecule has 8 heterocycles. The predicted molar refractivity (Wildman–Crippen MR) is 306 cm³/mol. The average molecular weight is 1290 g/mol. The number of hydrogen-bond donors (Lipinski definition) is 0. The van der Waals surface area contributed by atoms with E-state index in [0.29, 0.717) is 76.6 Å². The van der Waals surface area contributed by atoms with Crippen LogP contribution in [0.1, 0.15) is 19.3 Å². The van der Waals surface area contributed by atoms with Crippen LogP contribution in [0.4, 0.5) is 8.78 Å². The van der Waals surface area contributed by atoms with Gasteiger partial charge in [0, 0.05) is 35.3 Å². The first-order valence-corrected chi connectivity index (χ1v) is 27.4. The maximum absolute atomic E-state index is 13.3. The molecule has 0 bridgehead atoms. The van der Waals surface area contributed by atoms with Gasteiger partial charge in [-0.1, -0.05) is 156 Å². The molecule has 12 rings (SSSR count). The summed E-state index contributed by atoms with van der Waals surface area (Å²) in [7, 11) is 0. The maximum atomic E-state index is 13.3. The van der Waals surface area contributed by atoms with E-state index in [1.807, 2.05) is 126 Å². The van der Waals surface area contributed by atoms with Crippen molar-refractivity contribution in [2.75, 3.05) is 39.4 Å². The Bertz CT molecular complexity index is 3610. The summed E-state index contributed by atoms with van der Waals surface area (Å²) in [4.78, 5) is 16.4.